The highest BCUT2D eigenvalue weighted by Crippen LogP contribution is 2.26. The molecular formula is C27H26N4O. The van der Waals surface area contributed by atoms with Crippen LogP contribution in [-0.4, -0.2) is 38.2 Å². The first-order valence-corrected chi connectivity index (χ1v) is 11.1. The second-order valence-electron chi connectivity index (χ2n) is 8.00. The predicted octanol–water partition coefficient (Wildman–Crippen LogP) is 5.15. The van der Waals surface area contributed by atoms with Gasteiger partial charge < -0.3 is 9.47 Å². The normalized spacial score (nSPS) is 13.8. The number of hydrogen-bond donors (Lipinski definition) is 0. The molecule has 1 aliphatic rings. The summed E-state index contributed by atoms with van der Waals surface area (Å²) in [6.45, 7) is 3.44. The van der Waals surface area contributed by atoms with Crippen molar-refractivity contribution in [3.8, 4) is 11.5 Å². The molecule has 32 heavy (non-hydrogen) atoms. The smallest absolute Gasteiger partial charge is 0.259 e. The van der Waals surface area contributed by atoms with Crippen molar-refractivity contribution in [1.29, 1.82) is 0 Å². The van der Waals surface area contributed by atoms with Crippen LogP contribution in [0.1, 0.15) is 34.8 Å². The molecule has 5 rings (SSSR count). The van der Waals surface area contributed by atoms with E-state index in [0.29, 0.717) is 18.7 Å². The Balaban J connectivity index is 1.46. The van der Waals surface area contributed by atoms with Gasteiger partial charge in [-0.05, 0) is 53.8 Å². The summed E-state index contributed by atoms with van der Waals surface area (Å²) in [5.41, 5.74) is 5.35. The third-order valence-corrected chi connectivity index (χ3v) is 6.05. The lowest BCUT2D eigenvalue weighted by molar-refractivity contribution is 0.0773. The molecular weight excluding hydrogens is 396 g/mol. The molecule has 4 aromatic rings. The fourth-order valence-electron chi connectivity index (χ4n) is 4.22. The van der Waals surface area contributed by atoms with E-state index in [1.807, 2.05) is 44.7 Å². The molecule has 0 saturated heterocycles. The van der Waals surface area contributed by atoms with Gasteiger partial charge in [0.2, 0.25) is 0 Å². The first kappa shape index (κ1) is 20.1. The van der Waals surface area contributed by atoms with E-state index in [-0.39, 0.29) is 5.91 Å². The number of aryl methyl sites for hydroxylation is 1. The molecule has 0 atom stereocenters. The zero-order valence-corrected chi connectivity index (χ0v) is 18.2. The monoisotopic (exact) mass is 422 g/mol. The number of carbonyl (C=O) groups is 1. The Bertz CT molecular complexity index is 1230. The van der Waals surface area contributed by atoms with E-state index in [1.165, 1.54) is 16.7 Å². The van der Waals surface area contributed by atoms with Gasteiger partial charge in [0.25, 0.3) is 5.91 Å². The molecule has 1 aliphatic heterocycles. The van der Waals surface area contributed by atoms with E-state index in [4.69, 9.17) is 0 Å². The number of rotatable bonds is 5. The Morgan fingerprint density at radius 2 is 1.72 bits per heavy atom. The van der Waals surface area contributed by atoms with Crippen molar-refractivity contribution >= 4 is 11.5 Å². The Kier molecular flexibility index (Phi) is 5.46. The van der Waals surface area contributed by atoms with Crippen molar-refractivity contribution in [2.45, 2.75) is 19.8 Å². The highest BCUT2D eigenvalue weighted by molar-refractivity contribution is 5.97. The van der Waals surface area contributed by atoms with Crippen LogP contribution < -0.4 is 0 Å². The van der Waals surface area contributed by atoms with E-state index in [1.54, 1.807) is 6.20 Å². The molecule has 5 heteroatoms. The van der Waals surface area contributed by atoms with Gasteiger partial charge in [-0.2, -0.15) is 5.10 Å². The Morgan fingerprint density at radius 1 is 0.969 bits per heavy atom. The molecule has 160 valence electrons. The highest BCUT2D eigenvalue weighted by Gasteiger charge is 2.25. The average molecular weight is 423 g/mol. The predicted molar refractivity (Wildman–Crippen MR) is 127 cm³/mol. The average Bonchev–Trinajstić information content (AvgIpc) is 3.54. The molecule has 0 N–H and O–H groups in total. The van der Waals surface area contributed by atoms with Gasteiger partial charge in [-0.15, -0.1) is 0 Å². The number of carbonyl (C=O) groups excluding carboxylic acids is 1. The van der Waals surface area contributed by atoms with Crippen molar-refractivity contribution in [3.63, 3.8) is 0 Å². The molecule has 0 bridgehead atoms. The van der Waals surface area contributed by atoms with Crippen LogP contribution >= 0.6 is 0 Å². The maximum absolute atomic E-state index is 13.5. The summed E-state index contributed by atoms with van der Waals surface area (Å²) in [4.78, 5) is 15.4. The third kappa shape index (κ3) is 3.78. The highest BCUT2D eigenvalue weighted by atomic mass is 16.2. The molecule has 5 nitrogen and oxygen atoms in total. The third-order valence-electron chi connectivity index (χ3n) is 6.05. The van der Waals surface area contributed by atoms with E-state index >= 15 is 0 Å². The fourth-order valence-corrected chi connectivity index (χ4v) is 4.22. The Labute approximate surface area is 188 Å². The van der Waals surface area contributed by atoms with Gasteiger partial charge in [0.1, 0.15) is 5.56 Å². The Morgan fingerprint density at radius 3 is 2.38 bits per heavy atom. The largest absolute Gasteiger partial charge is 0.334 e. The first-order chi connectivity index (χ1) is 15.7. The zero-order valence-electron chi connectivity index (χ0n) is 18.2. The summed E-state index contributed by atoms with van der Waals surface area (Å²) in [7, 11) is 0. The van der Waals surface area contributed by atoms with Crippen LogP contribution in [0.4, 0.5) is 0 Å². The van der Waals surface area contributed by atoms with Gasteiger partial charge in [-0.3, -0.25) is 4.79 Å². The van der Waals surface area contributed by atoms with E-state index in [2.05, 4.69) is 66.6 Å². The molecule has 0 unspecified atom stereocenters. The van der Waals surface area contributed by atoms with Crippen LogP contribution in [0.15, 0.2) is 91.4 Å². The minimum absolute atomic E-state index is 0.00786. The summed E-state index contributed by atoms with van der Waals surface area (Å²) in [5, 5.41) is 4.61. The van der Waals surface area contributed by atoms with Crippen molar-refractivity contribution in [2.75, 3.05) is 13.1 Å². The second-order valence-corrected chi connectivity index (χ2v) is 8.00. The summed E-state index contributed by atoms with van der Waals surface area (Å²) >= 11 is 0. The lowest BCUT2D eigenvalue weighted by Gasteiger charge is -2.27. The topological polar surface area (TPSA) is 43.1 Å². The maximum Gasteiger partial charge on any atom is 0.259 e. The molecule has 0 radical (unpaired) electrons. The summed E-state index contributed by atoms with van der Waals surface area (Å²) in [6, 6.07) is 22.6. The molecule has 0 aliphatic carbocycles. The van der Waals surface area contributed by atoms with Crippen LogP contribution in [0, 0.1) is 0 Å². The maximum atomic E-state index is 13.5. The number of aromatic nitrogens is 3. The minimum atomic E-state index is 0.00786. The first-order valence-electron chi connectivity index (χ1n) is 11.1. The van der Waals surface area contributed by atoms with Crippen molar-refractivity contribution in [1.82, 2.24) is 19.2 Å². The van der Waals surface area contributed by atoms with Crippen LogP contribution in [0.25, 0.3) is 17.1 Å². The number of amides is 1. The van der Waals surface area contributed by atoms with Crippen LogP contribution in [0.5, 0.6) is 0 Å². The van der Waals surface area contributed by atoms with Gasteiger partial charge in [-0.25, -0.2) is 4.68 Å². The summed E-state index contributed by atoms with van der Waals surface area (Å²) < 4.78 is 3.81. The van der Waals surface area contributed by atoms with Gasteiger partial charge >= 0.3 is 0 Å². The van der Waals surface area contributed by atoms with E-state index in [9.17, 15) is 4.79 Å². The molecule has 1 amide bonds. The van der Waals surface area contributed by atoms with Gasteiger partial charge in [0.05, 0.1) is 11.9 Å². The summed E-state index contributed by atoms with van der Waals surface area (Å²) in [5.74, 6) is 0.774. The van der Waals surface area contributed by atoms with Crippen LogP contribution in [0.2, 0.25) is 0 Å². The molecule has 3 heterocycles. The SMILES string of the molecule is CCc1ccc(-n2ncc(C(=O)N3CC=C(c4ccccc4)CC3)c2-n2cccc2)cc1. The second kappa shape index (κ2) is 8.71. The van der Waals surface area contributed by atoms with Gasteiger partial charge in [0, 0.05) is 25.5 Å². The standard InChI is InChI=1S/C27H26N4O/c1-2-21-10-12-24(13-11-21)31-26(29-16-6-7-17-29)25(20-28-31)27(32)30-18-14-23(15-19-30)22-8-4-3-5-9-22/h3-14,16-17,20H,2,15,18-19H2,1H3. The number of nitrogens with zero attached hydrogens (tertiary/aromatic N) is 4. The molecule has 0 saturated carbocycles. The van der Waals surface area contributed by atoms with Crippen molar-refractivity contribution < 1.29 is 4.79 Å². The Hall–Kier alpha value is -3.86. The zero-order chi connectivity index (χ0) is 21.9. The molecule has 0 fully saturated rings. The quantitative estimate of drug-likeness (QED) is 0.446. The molecule has 2 aromatic heterocycles. The van der Waals surface area contributed by atoms with Gasteiger partial charge in [-0.1, -0.05) is 55.5 Å². The van der Waals surface area contributed by atoms with E-state index in [0.717, 1.165) is 24.3 Å². The minimum Gasteiger partial charge on any atom is -0.334 e. The van der Waals surface area contributed by atoms with Crippen molar-refractivity contribution in [2.24, 2.45) is 0 Å². The van der Waals surface area contributed by atoms with Crippen LogP contribution in [-0.2, 0) is 6.42 Å². The van der Waals surface area contributed by atoms with Crippen LogP contribution in [0.3, 0.4) is 0 Å². The molecule has 2 aromatic carbocycles. The van der Waals surface area contributed by atoms with E-state index < -0.39 is 0 Å². The lowest BCUT2D eigenvalue weighted by Crippen LogP contribution is -2.35. The fraction of sp³-hybridized carbons (Fsp3) is 0.185. The van der Waals surface area contributed by atoms with Crippen molar-refractivity contribution in [3.05, 3.63) is 108 Å². The lowest BCUT2D eigenvalue weighted by atomic mass is 9.99. The molecule has 0 spiro atoms. The summed E-state index contributed by atoms with van der Waals surface area (Å²) in [6.07, 6.45) is 9.60. The van der Waals surface area contributed by atoms with Gasteiger partial charge in [0.15, 0.2) is 5.82 Å². The number of hydrogen-bond acceptors (Lipinski definition) is 2. The number of benzene rings is 2.